The van der Waals surface area contributed by atoms with E-state index in [1.807, 2.05) is 0 Å². The molecule has 2 aromatic rings. The van der Waals surface area contributed by atoms with Gasteiger partial charge in [-0.3, -0.25) is 0 Å². The maximum atomic E-state index is 13.4. The van der Waals surface area contributed by atoms with Crippen LogP contribution in [0.5, 0.6) is 0 Å². The summed E-state index contributed by atoms with van der Waals surface area (Å²) in [7, 11) is 0. The Morgan fingerprint density at radius 2 is 2.10 bits per heavy atom. The van der Waals surface area contributed by atoms with Crippen LogP contribution in [-0.4, -0.2) is 22.7 Å². The fourth-order valence-electron chi connectivity index (χ4n) is 2.13. The molecule has 4 nitrogen and oxygen atoms in total. The van der Waals surface area contributed by atoms with Gasteiger partial charge in [-0.15, -0.1) is 0 Å². The minimum absolute atomic E-state index is 0.280. The summed E-state index contributed by atoms with van der Waals surface area (Å²) in [5.41, 5.74) is 0.599. The first-order valence-electron chi connectivity index (χ1n) is 7.02. The fourth-order valence-corrected chi connectivity index (χ4v) is 2.60. The van der Waals surface area contributed by atoms with Gasteiger partial charge in [0.2, 0.25) is 11.7 Å². The Balaban J connectivity index is 2.17. The van der Waals surface area contributed by atoms with E-state index in [0.717, 1.165) is 6.54 Å². The van der Waals surface area contributed by atoms with Crippen molar-refractivity contribution in [3.05, 3.63) is 34.4 Å². The topological polar surface area (TPSA) is 51.0 Å². The van der Waals surface area contributed by atoms with Crippen LogP contribution in [0.2, 0.25) is 0 Å². The molecule has 0 saturated carbocycles. The van der Waals surface area contributed by atoms with Crippen molar-refractivity contribution in [2.75, 3.05) is 6.54 Å². The molecule has 0 bridgehead atoms. The highest BCUT2D eigenvalue weighted by Crippen LogP contribution is 2.23. The Bertz CT molecular complexity index is 580. The Morgan fingerprint density at radius 1 is 1.33 bits per heavy atom. The molecule has 0 saturated heterocycles. The normalized spacial score (nSPS) is 12.9. The highest BCUT2D eigenvalue weighted by Gasteiger charge is 2.17. The molecule has 114 valence electrons. The van der Waals surface area contributed by atoms with E-state index in [9.17, 15) is 4.39 Å². The van der Waals surface area contributed by atoms with Gasteiger partial charge in [-0.25, -0.2) is 4.39 Å². The molecule has 2 rings (SSSR count). The molecule has 0 aliphatic rings. The van der Waals surface area contributed by atoms with E-state index in [-0.39, 0.29) is 11.9 Å². The molecule has 0 aliphatic carbocycles. The van der Waals surface area contributed by atoms with Crippen molar-refractivity contribution in [3.8, 4) is 11.4 Å². The fraction of sp³-hybridized carbons (Fsp3) is 0.467. The number of rotatable bonds is 6. The van der Waals surface area contributed by atoms with Crippen LogP contribution in [0.3, 0.4) is 0 Å². The van der Waals surface area contributed by atoms with Gasteiger partial charge in [0.1, 0.15) is 5.82 Å². The molecule has 1 unspecified atom stereocenters. The van der Waals surface area contributed by atoms with Crippen LogP contribution < -0.4 is 5.32 Å². The maximum Gasteiger partial charge on any atom is 0.228 e. The maximum absolute atomic E-state index is 13.4. The number of hydrogen-bond donors (Lipinski definition) is 1. The van der Waals surface area contributed by atoms with Gasteiger partial charge in [-0.1, -0.05) is 41.9 Å². The zero-order valence-electron chi connectivity index (χ0n) is 12.4. The Labute approximate surface area is 132 Å². The lowest BCUT2D eigenvalue weighted by Gasteiger charge is -2.19. The second-order valence-corrected chi connectivity index (χ2v) is 6.20. The lowest BCUT2D eigenvalue weighted by atomic mass is 10.0. The molecule has 1 aromatic heterocycles. The molecule has 1 N–H and O–H groups in total. The highest BCUT2D eigenvalue weighted by molar-refractivity contribution is 9.10. The van der Waals surface area contributed by atoms with Crippen molar-refractivity contribution >= 4 is 15.9 Å². The summed E-state index contributed by atoms with van der Waals surface area (Å²) in [6.45, 7) is 7.25. The standard InChI is InChI=1S/C15H19BrFN3O/c1-4-18-13(9(2)3)8-14-19-15(20-21-14)10-5-11(16)7-12(17)6-10/h5-7,9,13,18H,4,8H2,1-3H3. The van der Waals surface area contributed by atoms with Crippen LogP contribution in [-0.2, 0) is 6.42 Å². The molecule has 6 heteroatoms. The van der Waals surface area contributed by atoms with E-state index < -0.39 is 0 Å². The molecule has 0 fully saturated rings. The molecule has 0 aliphatic heterocycles. The van der Waals surface area contributed by atoms with Gasteiger partial charge in [0.25, 0.3) is 0 Å². The number of nitrogens with one attached hydrogen (secondary N) is 1. The summed E-state index contributed by atoms with van der Waals surface area (Å²) in [6.07, 6.45) is 0.662. The molecule has 1 atom stereocenters. The molecule has 0 spiro atoms. The van der Waals surface area contributed by atoms with Gasteiger partial charge < -0.3 is 9.84 Å². The van der Waals surface area contributed by atoms with Crippen molar-refractivity contribution in [3.63, 3.8) is 0 Å². The Kier molecular flexibility index (Phi) is 5.47. The van der Waals surface area contributed by atoms with Gasteiger partial charge in [0.15, 0.2) is 0 Å². The smallest absolute Gasteiger partial charge is 0.228 e. The van der Waals surface area contributed by atoms with E-state index in [1.54, 1.807) is 6.07 Å². The average molecular weight is 356 g/mol. The predicted molar refractivity (Wildman–Crippen MR) is 83.4 cm³/mol. The second kappa shape index (κ2) is 7.13. The minimum Gasteiger partial charge on any atom is -0.339 e. The monoisotopic (exact) mass is 355 g/mol. The molecule has 0 amide bonds. The van der Waals surface area contributed by atoms with Crippen molar-refractivity contribution in [1.82, 2.24) is 15.5 Å². The number of halogens is 2. The summed E-state index contributed by atoms with van der Waals surface area (Å²) in [6, 6.07) is 4.83. The van der Waals surface area contributed by atoms with Gasteiger partial charge in [-0.05, 0) is 30.7 Å². The van der Waals surface area contributed by atoms with Crippen LogP contribution in [0.4, 0.5) is 4.39 Å². The van der Waals surface area contributed by atoms with Crippen LogP contribution in [0.1, 0.15) is 26.7 Å². The third-order valence-electron chi connectivity index (χ3n) is 3.25. The van der Waals surface area contributed by atoms with E-state index in [4.69, 9.17) is 4.52 Å². The summed E-state index contributed by atoms with van der Waals surface area (Å²) >= 11 is 3.26. The molecule has 1 heterocycles. The van der Waals surface area contributed by atoms with Crippen LogP contribution >= 0.6 is 15.9 Å². The van der Waals surface area contributed by atoms with Gasteiger partial charge in [-0.2, -0.15) is 4.98 Å². The third-order valence-corrected chi connectivity index (χ3v) is 3.71. The lowest BCUT2D eigenvalue weighted by Crippen LogP contribution is -2.35. The number of likely N-dealkylation sites (N-methyl/N-ethyl adjacent to an activating group) is 1. The molecule has 0 radical (unpaired) electrons. The number of nitrogens with zero attached hydrogens (tertiary/aromatic N) is 2. The van der Waals surface area contributed by atoms with Gasteiger partial charge >= 0.3 is 0 Å². The van der Waals surface area contributed by atoms with Crippen LogP contribution in [0.15, 0.2) is 27.2 Å². The Hall–Kier alpha value is -1.27. The van der Waals surface area contributed by atoms with Gasteiger partial charge in [0.05, 0.1) is 0 Å². The average Bonchev–Trinajstić information content (AvgIpc) is 2.85. The van der Waals surface area contributed by atoms with E-state index >= 15 is 0 Å². The number of benzene rings is 1. The van der Waals surface area contributed by atoms with E-state index in [2.05, 4.69) is 52.2 Å². The molecule has 21 heavy (non-hydrogen) atoms. The SMILES string of the molecule is CCNC(Cc1nc(-c2cc(F)cc(Br)c2)no1)C(C)C. The minimum atomic E-state index is -0.335. The van der Waals surface area contributed by atoms with E-state index in [1.165, 1.54) is 12.1 Å². The van der Waals surface area contributed by atoms with Crippen molar-refractivity contribution in [2.45, 2.75) is 33.2 Å². The zero-order valence-corrected chi connectivity index (χ0v) is 13.9. The third kappa shape index (κ3) is 4.35. The molecular weight excluding hydrogens is 337 g/mol. The highest BCUT2D eigenvalue weighted by atomic mass is 79.9. The van der Waals surface area contributed by atoms with Crippen molar-refractivity contribution in [2.24, 2.45) is 5.92 Å². The first-order valence-corrected chi connectivity index (χ1v) is 7.81. The summed E-state index contributed by atoms with van der Waals surface area (Å²) < 4.78 is 19.3. The quantitative estimate of drug-likeness (QED) is 0.855. The molecular formula is C15H19BrFN3O. The molecule has 1 aromatic carbocycles. The van der Waals surface area contributed by atoms with Crippen LogP contribution in [0.25, 0.3) is 11.4 Å². The summed E-state index contributed by atoms with van der Waals surface area (Å²) in [5, 5.41) is 7.34. The van der Waals surface area contributed by atoms with Crippen molar-refractivity contribution in [1.29, 1.82) is 0 Å². The second-order valence-electron chi connectivity index (χ2n) is 5.28. The number of aromatic nitrogens is 2. The zero-order chi connectivity index (χ0) is 15.4. The largest absolute Gasteiger partial charge is 0.339 e. The Morgan fingerprint density at radius 3 is 2.71 bits per heavy atom. The first kappa shape index (κ1) is 16.1. The summed E-state index contributed by atoms with van der Waals surface area (Å²) in [5.74, 6) is 1.09. The number of hydrogen-bond acceptors (Lipinski definition) is 4. The van der Waals surface area contributed by atoms with Crippen LogP contribution in [0, 0.1) is 11.7 Å². The van der Waals surface area contributed by atoms with E-state index in [0.29, 0.717) is 34.1 Å². The predicted octanol–water partition coefficient (Wildman–Crippen LogP) is 3.81. The van der Waals surface area contributed by atoms with Gasteiger partial charge in [0, 0.05) is 22.5 Å². The summed E-state index contributed by atoms with van der Waals surface area (Å²) in [4.78, 5) is 4.36. The lowest BCUT2D eigenvalue weighted by molar-refractivity contribution is 0.329. The van der Waals surface area contributed by atoms with Crippen molar-refractivity contribution < 1.29 is 8.91 Å². The first-order chi connectivity index (χ1) is 9.99.